The molecule has 14 heavy (non-hydrogen) atoms. The Kier molecular flexibility index (Phi) is 4.62. The molecule has 1 fully saturated rings. The molecule has 0 radical (unpaired) electrons. The molecule has 0 aromatic carbocycles. The van der Waals surface area contributed by atoms with Crippen molar-refractivity contribution in [3.63, 3.8) is 0 Å². The van der Waals surface area contributed by atoms with Gasteiger partial charge in [-0.1, -0.05) is 21.6 Å². The fourth-order valence-corrected chi connectivity index (χ4v) is 3.72. The second-order valence-corrected chi connectivity index (χ2v) is 8.58. The molecule has 1 aliphatic rings. The molecule has 0 bridgehead atoms. The lowest BCUT2D eigenvalue weighted by Crippen LogP contribution is -2.41. The standard InChI is InChI=1S/C10H22N2S2/c1-9(2)7-11-5-6-12-8-10(3,4)14-13-9/h11-12H,5-8H2,1-4H3. The van der Waals surface area contributed by atoms with Gasteiger partial charge in [0.15, 0.2) is 0 Å². The Hall–Kier alpha value is 0.620. The molecule has 0 saturated carbocycles. The molecule has 2 N–H and O–H groups in total. The summed E-state index contributed by atoms with van der Waals surface area (Å²) in [4.78, 5) is 0. The Morgan fingerprint density at radius 2 is 1.14 bits per heavy atom. The normalized spacial score (nSPS) is 28.3. The van der Waals surface area contributed by atoms with Gasteiger partial charge in [0, 0.05) is 35.7 Å². The third-order valence-corrected chi connectivity index (χ3v) is 6.30. The molecular formula is C10H22N2S2. The van der Waals surface area contributed by atoms with Crippen LogP contribution in [-0.4, -0.2) is 35.7 Å². The highest BCUT2D eigenvalue weighted by Crippen LogP contribution is 2.43. The van der Waals surface area contributed by atoms with Gasteiger partial charge < -0.3 is 10.6 Å². The largest absolute Gasteiger partial charge is 0.314 e. The van der Waals surface area contributed by atoms with Gasteiger partial charge >= 0.3 is 0 Å². The van der Waals surface area contributed by atoms with Gasteiger partial charge in [0.2, 0.25) is 0 Å². The quantitative estimate of drug-likeness (QED) is 0.627. The summed E-state index contributed by atoms with van der Waals surface area (Å²) in [6, 6.07) is 0. The maximum atomic E-state index is 3.48. The zero-order valence-corrected chi connectivity index (χ0v) is 11.3. The van der Waals surface area contributed by atoms with E-state index in [1.165, 1.54) is 0 Å². The van der Waals surface area contributed by atoms with Crippen molar-refractivity contribution in [2.75, 3.05) is 26.2 Å². The molecule has 0 aliphatic carbocycles. The Morgan fingerprint density at radius 1 is 0.786 bits per heavy atom. The maximum absolute atomic E-state index is 3.48. The summed E-state index contributed by atoms with van der Waals surface area (Å²) in [5.74, 6) is 0. The van der Waals surface area contributed by atoms with Crippen molar-refractivity contribution < 1.29 is 0 Å². The number of hydrogen-bond acceptors (Lipinski definition) is 4. The Morgan fingerprint density at radius 3 is 1.50 bits per heavy atom. The Bertz CT molecular complexity index is 161. The molecule has 0 aromatic rings. The minimum atomic E-state index is 0.333. The smallest absolute Gasteiger partial charge is 0.0331 e. The molecule has 2 nitrogen and oxygen atoms in total. The first kappa shape index (κ1) is 12.7. The summed E-state index contributed by atoms with van der Waals surface area (Å²) in [6.07, 6.45) is 0. The van der Waals surface area contributed by atoms with E-state index in [2.05, 4.69) is 38.3 Å². The highest BCUT2D eigenvalue weighted by atomic mass is 33.1. The molecule has 0 spiro atoms. The average Bonchev–Trinajstić information content (AvgIpc) is 2.08. The summed E-state index contributed by atoms with van der Waals surface area (Å²) in [5, 5.41) is 6.95. The Labute approximate surface area is 95.8 Å². The highest BCUT2D eigenvalue weighted by Gasteiger charge is 2.26. The monoisotopic (exact) mass is 234 g/mol. The predicted octanol–water partition coefficient (Wildman–Crippen LogP) is 2.12. The van der Waals surface area contributed by atoms with Crippen LogP contribution >= 0.6 is 21.6 Å². The molecule has 0 atom stereocenters. The minimum absolute atomic E-state index is 0.333. The van der Waals surface area contributed by atoms with Crippen LogP contribution in [-0.2, 0) is 0 Å². The van der Waals surface area contributed by atoms with Crippen molar-refractivity contribution in [1.29, 1.82) is 0 Å². The van der Waals surface area contributed by atoms with Crippen LogP contribution in [0.3, 0.4) is 0 Å². The first-order valence-electron chi connectivity index (χ1n) is 5.20. The molecular weight excluding hydrogens is 212 g/mol. The third kappa shape index (κ3) is 4.91. The minimum Gasteiger partial charge on any atom is -0.314 e. The SMILES string of the molecule is CC1(C)CNCCNCC(C)(C)SS1. The van der Waals surface area contributed by atoms with Gasteiger partial charge in [-0.25, -0.2) is 0 Å². The molecule has 4 heteroatoms. The second-order valence-electron chi connectivity index (χ2n) is 5.04. The molecule has 1 aliphatic heterocycles. The van der Waals surface area contributed by atoms with E-state index < -0.39 is 0 Å². The van der Waals surface area contributed by atoms with Crippen LogP contribution in [0.4, 0.5) is 0 Å². The van der Waals surface area contributed by atoms with Gasteiger partial charge in [0.05, 0.1) is 0 Å². The molecule has 84 valence electrons. The lowest BCUT2D eigenvalue weighted by molar-refractivity contribution is 0.538. The van der Waals surface area contributed by atoms with Crippen LogP contribution in [0.25, 0.3) is 0 Å². The zero-order chi connectivity index (χ0) is 10.7. The fourth-order valence-electron chi connectivity index (χ4n) is 1.24. The van der Waals surface area contributed by atoms with Crippen LogP contribution in [0.2, 0.25) is 0 Å². The lowest BCUT2D eigenvalue weighted by Gasteiger charge is -2.32. The van der Waals surface area contributed by atoms with Gasteiger partial charge in [-0.3, -0.25) is 0 Å². The van der Waals surface area contributed by atoms with Crippen molar-refractivity contribution in [2.24, 2.45) is 0 Å². The van der Waals surface area contributed by atoms with Gasteiger partial charge in [0.1, 0.15) is 0 Å². The van der Waals surface area contributed by atoms with E-state index in [0.717, 1.165) is 26.2 Å². The van der Waals surface area contributed by atoms with E-state index in [9.17, 15) is 0 Å². The maximum Gasteiger partial charge on any atom is 0.0331 e. The molecule has 1 rings (SSSR count). The van der Waals surface area contributed by atoms with Crippen molar-refractivity contribution >= 4 is 21.6 Å². The van der Waals surface area contributed by atoms with Crippen LogP contribution in [0.15, 0.2) is 0 Å². The molecule has 1 saturated heterocycles. The summed E-state index contributed by atoms with van der Waals surface area (Å²) < 4.78 is 0.665. The topological polar surface area (TPSA) is 24.1 Å². The summed E-state index contributed by atoms with van der Waals surface area (Å²) in [7, 11) is 4.00. The fraction of sp³-hybridized carbons (Fsp3) is 1.00. The second kappa shape index (κ2) is 5.10. The van der Waals surface area contributed by atoms with E-state index in [1.54, 1.807) is 0 Å². The Balaban J connectivity index is 2.50. The number of hydrogen-bond donors (Lipinski definition) is 2. The zero-order valence-electron chi connectivity index (χ0n) is 9.64. The average molecular weight is 234 g/mol. The van der Waals surface area contributed by atoms with E-state index in [0.29, 0.717) is 9.49 Å². The van der Waals surface area contributed by atoms with Crippen molar-refractivity contribution in [1.82, 2.24) is 10.6 Å². The summed E-state index contributed by atoms with van der Waals surface area (Å²) in [5.41, 5.74) is 0. The van der Waals surface area contributed by atoms with Crippen LogP contribution in [0.1, 0.15) is 27.7 Å². The van der Waals surface area contributed by atoms with Crippen molar-refractivity contribution in [2.45, 2.75) is 37.2 Å². The van der Waals surface area contributed by atoms with Gasteiger partial charge in [-0.05, 0) is 27.7 Å². The molecule has 0 unspecified atom stereocenters. The van der Waals surface area contributed by atoms with Crippen LogP contribution < -0.4 is 10.6 Å². The van der Waals surface area contributed by atoms with Gasteiger partial charge in [0.25, 0.3) is 0 Å². The first-order chi connectivity index (χ1) is 6.41. The molecule has 1 heterocycles. The van der Waals surface area contributed by atoms with Crippen LogP contribution in [0.5, 0.6) is 0 Å². The summed E-state index contributed by atoms with van der Waals surface area (Å²) in [6.45, 7) is 13.6. The van der Waals surface area contributed by atoms with Gasteiger partial charge in [-0.2, -0.15) is 0 Å². The van der Waals surface area contributed by atoms with Crippen LogP contribution in [0, 0.1) is 0 Å². The van der Waals surface area contributed by atoms with E-state index >= 15 is 0 Å². The highest BCUT2D eigenvalue weighted by molar-refractivity contribution is 8.77. The molecule has 0 aromatic heterocycles. The van der Waals surface area contributed by atoms with Crippen molar-refractivity contribution in [3.05, 3.63) is 0 Å². The summed E-state index contributed by atoms with van der Waals surface area (Å²) >= 11 is 0. The van der Waals surface area contributed by atoms with E-state index in [-0.39, 0.29) is 0 Å². The number of nitrogens with one attached hydrogen (secondary N) is 2. The first-order valence-corrected chi connectivity index (χ1v) is 7.35. The predicted molar refractivity (Wildman–Crippen MR) is 69.1 cm³/mol. The van der Waals surface area contributed by atoms with Gasteiger partial charge in [-0.15, -0.1) is 0 Å². The molecule has 0 amide bonds. The number of rotatable bonds is 0. The third-order valence-electron chi connectivity index (χ3n) is 2.07. The van der Waals surface area contributed by atoms with Crippen molar-refractivity contribution in [3.8, 4) is 0 Å². The van der Waals surface area contributed by atoms with E-state index in [1.807, 2.05) is 21.6 Å². The van der Waals surface area contributed by atoms with E-state index in [4.69, 9.17) is 0 Å². The lowest BCUT2D eigenvalue weighted by atomic mass is 10.2.